The van der Waals surface area contributed by atoms with Crippen LogP contribution in [0.25, 0.3) is 0 Å². The van der Waals surface area contributed by atoms with Crippen LogP contribution < -0.4 is 10.2 Å². The second-order valence-electron chi connectivity index (χ2n) is 5.59. The molecule has 0 bridgehead atoms. The fraction of sp³-hybridized carbons (Fsp3) is 0.222. The molecule has 0 aliphatic carbocycles. The summed E-state index contributed by atoms with van der Waals surface area (Å²) in [4.78, 5) is 25.9. The molecule has 0 unspecified atom stereocenters. The number of Topliss-reactive ketones (excluding diaryl/α,β-unsaturated/α-hetero) is 1. The first kappa shape index (κ1) is 15.6. The highest BCUT2D eigenvalue weighted by Gasteiger charge is 2.23. The molecule has 0 fully saturated rings. The first-order valence-electron chi connectivity index (χ1n) is 7.52. The van der Waals surface area contributed by atoms with E-state index in [-0.39, 0.29) is 11.8 Å². The summed E-state index contributed by atoms with van der Waals surface area (Å²) < 4.78 is 0. The van der Waals surface area contributed by atoms with Crippen molar-refractivity contribution in [1.82, 2.24) is 0 Å². The second-order valence-corrected chi connectivity index (χ2v) is 6.03. The molecule has 0 radical (unpaired) electrons. The number of nitrogens with one attached hydrogen (secondary N) is 1. The minimum absolute atomic E-state index is 0.00330. The predicted molar refractivity (Wildman–Crippen MR) is 92.6 cm³/mol. The Morgan fingerprint density at radius 1 is 1.13 bits per heavy atom. The molecule has 2 amide bonds. The maximum atomic E-state index is 12.6. The van der Waals surface area contributed by atoms with Gasteiger partial charge in [0.2, 0.25) is 0 Å². The summed E-state index contributed by atoms with van der Waals surface area (Å²) in [6, 6.07) is 12.3. The van der Waals surface area contributed by atoms with Crippen LogP contribution in [-0.4, -0.2) is 18.4 Å². The van der Waals surface area contributed by atoms with Gasteiger partial charge in [0.05, 0.1) is 0 Å². The molecule has 1 aliphatic heterocycles. The van der Waals surface area contributed by atoms with Gasteiger partial charge in [-0.2, -0.15) is 0 Å². The van der Waals surface area contributed by atoms with Gasteiger partial charge >= 0.3 is 6.03 Å². The van der Waals surface area contributed by atoms with Crippen LogP contribution in [0.3, 0.4) is 0 Å². The number of nitrogens with zero attached hydrogens (tertiary/aromatic N) is 1. The number of rotatable bonds is 2. The molecule has 5 heteroatoms. The van der Waals surface area contributed by atoms with Gasteiger partial charge in [-0.15, -0.1) is 0 Å². The minimum Gasteiger partial charge on any atom is -0.308 e. The smallest absolute Gasteiger partial charge is 0.308 e. The highest BCUT2D eigenvalue weighted by Crippen LogP contribution is 2.29. The first-order chi connectivity index (χ1) is 11.0. The third-order valence-corrected chi connectivity index (χ3v) is 4.20. The molecule has 1 aliphatic rings. The van der Waals surface area contributed by atoms with Gasteiger partial charge in [-0.3, -0.25) is 9.69 Å². The Balaban J connectivity index is 1.86. The Labute approximate surface area is 140 Å². The summed E-state index contributed by atoms with van der Waals surface area (Å²) in [5, 5.41) is 3.49. The van der Waals surface area contributed by atoms with Crippen molar-refractivity contribution in [2.75, 3.05) is 16.8 Å². The number of ketones is 1. The summed E-state index contributed by atoms with van der Waals surface area (Å²) in [6.07, 6.45) is 1.82. The largest absolute Gasteiger partial charge is 0.326 e. The van der Waals surface area contributed by atoms with Gasteiger partial charge in [-0.05, 0) is 55.7 Å². The minimum atomic E-state index is -0.200. The Kier molecular flexibility index (Phi) is 4.35. The van der Waals surface area contributed by atoms with Gasteiger partial charge in [0.25, 0.3) is 0 Å². The van der Waals surface area contributed by atoms with Crippen LogP contribution in [0.4, 0.5) is 16.2 Å². The molecule has 1 N–H and O–H groups in total. The average Bonchev–Trinajstić information content (AvgIpc) is 2.55. The third kappa shape index (κ3) is 3.37. The highest BCUT2D eigenvalue weighted by molar-refractivity contribution is 6.30. The van der Waals surface area contributed by atoms with Crippen LogP contribution in [0.1, 0.15) is 29.3 Å². The molecule has 0 atom stereocenters. The maximum Gasteiger partial charge on any atom is 0.326 e. The van der Waals surface area contributed by atoms with Crippen molar-refractivity contribution in [2.24, 2.45) is 0 Å². The van der Waals surface area contributed by atoms with E-state index in [2.05, 4.69) is 5.32 Å². The predicted octanol–water partition coefficient (Wildman–Crippen LogP) is 4.53. The van der Waals surface area contributed by atoms with Crippen molar-refractivity contribution in [3.05, 3.63) is 58.6 Å². The quantitative estimate of drug-likeness (QED) is 0.823. The number of hydrogen-bond donors (Lipinski definition) is 1. The zero-order valence-corrected chi connectivity index (χ0v) is 13.6. The van der Waals surface area contributed by atoms with E-state index in [1.807, 2.05) is 12.1 Å². The van der Waals surface area contributed by atoms with E-state index in [1.165, 1.54) is 6.92 Å². The number of halogens is 1. The van der Waals surface area contributed by atoms with Gasteiger partial charge < -0.3 is 5.32 Å². The molecule has 118 valence electrons. The Morgan fingerprint density at radius 2 is 1.87 bits per heavy atom. The maximum absolute atomic E-state index is 12.6. The molecular formula is C18H17ClN2O2. The van der Waals surface area contributed by atoms with E-state index in [1.54, 1.807) is 35.2 Å². The van der Waals surface area contributed by atoms with Crippen molar-refractivity contribution < 1.29 is 9.59 Å². The number of hydrogen-bond acceptors (Lipinski definition) is 2. The number of carbonyl (C=O) groups is 2. The van der Waals surface area contributed by atoms with Crippen LogP contribution >= 0.6 is 11.6 Å². The van der Waals surface area contributed by atoms with Crippen LogP contribution in [0.15, 0.2) is 42.5 Å². The number of aryl methyl sites for hydroxylation is 1. The number of urea groups is 1. The summed E-state index contributed by atoms with van der Waals surface area (Å²) in [5.74, 6) is -0.00330. The van der Waals surface area contributed by atoms with Crippen LogP contribution in [-0.2, 0) is 6.42 Å². The third-order valence-electron chi connectivity index (χ3n) is 3.95. The zero-order valence-electron chi connectivity index (χ0n) is 12.8. The lowest BCUT2D eigenvalue weighted by Gasteiger charge is -2.30. The van der Waals surface area contributed by atoms with Crippen LogP contribution in [0.2, 0.25) is 5.02 Å². The van der Waals surface area contributed by atoms with Crippen molar-refractivity contribution in [3.63, 3.8) is 0 Å². The lowest BCUT2D eigenvalue weighted by Crippen LogP contribution is -2.38. The monoisotopic (exact) mass is 328 g/mol. The highest BCUT2D eigenvalue weighted by atomic mass is 35.5. The van der Waals surface area contributed by atoms with E-state index in [0.717, 1.165) is 24.1 Å². The molecular weight excluding hydrogens is 312 g/mol. The van der Waals surface area contributed by atoms with Gasteiger partial charge in [0.1, 0.15) is 0 Å². The van der Waals surface area contributed by atoms with E-state index in [9.17, 15) is 9.59 Å². The Morgan fingerprint density at radius 3 is 2.57 bits per heavy atom. The fourth-order valence-electron chi connectivity index (χ4n) is 2.73. The van der Waals surface area contributed by atoms with Gasteiger partial charge in [-0.1, -0.05) is 23.7 Å². The molecule has 2 aromatic rings. The molecule has 0 saturated carbocycles. The van der Waals surface area contributed by atoms with E-state index in [4.69, 9.17) is 11.6 Å². The number of amides is 2. The lowest BCUT2D eigenvalue weighted by atomic mass is 9.98. The number of carbonyl (C=O) groups excluding carboxylic acids is 2. The molecule has 1 heterocycles. The zero-order chi connectivity index (χ0) is 16.4. The van der Waals surface area contributed by atoms with Crippen molar-refractivity contribution in [3.8, 4) is 0 Å². The summed E-state index contributed by atoms with van der Waals surface area (Å²) in [6.45, 7) is 2.16. The molecule has 3 rings (SSSR count). The molecule has 23 heavy (non-hydrogen) atoms. The second kappa shape index (κ2) is 6.42. The van der Waals surface area contributed by atoms with Crippen molar-refractivity contribution in [1.29, 1.82) is 0 Å². The van der Waals surface area contributed by atoms with E-state index in [0.29, 0.717) is 22.8 Å². The van der Waals surface area contributed by atoms with Gasteiger partial charge in [-0.25, -0.2) is 4.79 Å². The molecule has 0 saturated heterocycles. The SMILES string of the molecule is CC(=O)c1ccc2c(c1)N(C(=O)Nc1ccc(Cl)cc1)CCC2. The molecule has 4 nitrogen and oxygen atoms in total. The Hall–Kier alpha value is -2.33. The summed E-state index contributed by atoms with van der Waals surface area (Å²) in [7, 11) is 0. The topological polar surface area (TPSA) is 49.4 Å². The normalized spacial score (nSPS) is 13.4. The first-order valence-corrected chi connectivity index (χ1v) is 7.90. The Bertz CT molecular complexity index is 756. The van der Waals surface area contributed by atoms with Gasteiger partial charge in [0.15, 0.2) is 5.78 Å². The average molecular weight is 329 g/mol. The standard InChI is InChI=1S/C18H17ClN2O2/c1-12(22)14-5-4-13-3-2-10-21(17(13)11-14)18(23)20-16-8-6-15(19)7-9-16/h4-9,11H,2-3,10H2,1H3,(H,20,23). The van der Waals surface area contributed by atoms with Crippen molar-refractivity contribution in [2.45, 2.75) is 19.8 Å². The number of anilines is 2. The summed E-state index contributed by atoms with van der Waals surface area (Å²) in [5.41, 5.74) is 3.21. The summed E-state index contributed by atoms with van der Waals surface area (Å²) >= 11 is 5.86. The number of benzene rings is 2. The van der Waals surface area contributed by atoms with Crippen LogP contribution in [0, 0.1) is 0 Å². The molecule has 2 aromatic carbocycles. The lowest BCUT2D eigenvalue weighted by molar-refractivity contribution is 0.101. The van der Waals surface area contributed by atoms with E-state index >= 15 is 0 Å². The molecule has 0 aromatic heterocycles. The van der Waals surface area contributed by atoms with Gasteiger partial charge in [0, 0.05) is 28.5 Å². The fourth-order valence-corrected chi connectivity index (χ4v) is 2.85. The number of fused-ring (bicyclic) bond motifs is 1. The molecule has 0 spiro atoms. The van der Waals surface area contributed by atoms with E-state index < -0.39 is 0 Å². The van der Waals surface area contributed by atoms with Crippen LogP contribution in [0.5, 0.6) is 0 Å². The van der Waals surface area contributed by atoms with Crippen molar-refractivity contribution >= 4 is 34.8 Å².